The predicted molar refractivity (Wildman–Crippen MR) is 119 cm³/mol. The van der Waals surface area contributed by atoms with E-state index in [0.29, 0.717) is 45.0 Å². The van der Waals surface area contributed by atoms with E-state index in [0.717, 1.165) is 35.1 Å². The minimum atomic E-state index is -4.38. The third-order valence-electron chi connectivity index (χ3n) is 6.19. The molecule has 0 amide bonds. The van der Waals surface area contributed by atoms with Crippen LogP contribution in [0.15, 0.2) is 48.7 Å². The maximum atomic E-state index is 12.8. The lowest BCUT2D eigenvalue weighted by atomic mass is 9.98. The number of benzene rings is 1. The molecule has 3 aromatic rings. The minimum Gasteiger partial charge on any atom is -0.489 e. The summed E-state index contributed by atoms with van der Waals surface area (Å²) >= 11 is 0. The number of halogens is 3. The molecule has 0 radical (unpaired) electrons. The van der Waals surface area contributed by atoms with Gasteiger partial charge in [-0.3, -0.25) is 0 Å². The number of pyridine rings is 1. The highest BCUT2D eigenvalue weighted by Crippen LogP contribution is 2.42. The first kappa shape index (κ1) is 21.5. The molecule has 1 saturated heterocycles. The number of piperazine rings is 1. The van der Waals surface area contributed by atoms with Gasteiger partial charge < -0.3 is 14.5 Å². The van der Waals surface area contributed by atoms with Crippen LogP contribution in [0.1, 0.15) is 35.2 Å². The molecule has 1 aromatic carbocycles. The number of hydrogen-bond donors (Lipinski definition) is 0. The Bertz CT molecular complexity index is 1110. The van der Waals surface area contributed by atoms with Crippen molar-refractivity contribution in [1.29, 1.82) is 0 Å². The molecule has 1 unspecified atom stereocenters. The van der Waals surface area contributed by atoms with Crippen LogP contribution in [0.4, 0.5) is 24.8 Å². The third kappa shape index (κ3) is 4.31. The average Bonchev–Trinajstić information content (AvgIpc) is 3.22. The second-order valence-electron chi connectivity index (χ2n) is 8.46. The fourth-order valence-electron chi connectivity index (χ4n) is 4.42. The van der Waals surface area contributed by atoms with Crippen LogP contribution in [-0.2, 0) is 12.6 Å². The first-order valence-electron chi connectivity index (χ1n) is 11.0. The van der Waals surface area contributed by atoms with Gasteiger partial charge in [0.1, 0.15) is 5.82 Å². The summed E-state index contributed by atoms with van der Waals surface area (Å²) in [4.78, 5) is 8.14. The van der Waals surface area contributed by atoms with Crippen molar-refractivity contribution in [3.63, 3.8) is 0 Å². The van der Waals surface area contributed by atoms with E-state index in [1.807, 2.05) is 23.1 Å². The molecular formula is C24H24F3N5O. The Morgan fingerprint density at radius 1 is 0.970 bits per heavy atom. The number of aromatic nitrogens is 3. The molecular weight excluding hydrogens is 431 g/mol. The largest absolute Gasteiger partial charge is 0.489 e. The van der Waals surface area contributed by atoms with Gasteiger partial charge in [0.2, 0.25) is 0 Å². The van der Waals surface area contributed by atoms with Gasteiger partial charge in [0.05, 0.1) is 17.9 Å². The molecule has 0 bridgehead atoms. The van der Waals surface area contributed by atoms with E-state index in [1.54, 1.807) is 0 Å². The van der Waals surface area contributed by atoms with Crippen molar-refractivity contribution in [2.45, 2.75) is 25.4 Å². The Balaban J connectivity index is 1.32. The Kier molecular flexibility index (Phi) is 5.55. The molecule has 1 atom stereocenters. The molecule has 1 fully saturated rings. The zero-order valence-electron chi connectivity index (χ0n) is 18.2. The highest BCUT2D eigenvalue weighted by Gasteiger charge is 2.33. The first-order chi connectivity index (χ1) is 15.9. The van der Waals surface area contributed by atoms with Crippen molar-refractivity contribution in [2.24, 2.45) is 0 Å². The number of hydrogen-bond acceptors (Lipinski definition) is 6. The molecule has 172 valence electrons. The van der Waals surface area contributed by atoms with E-state index in [1.165, 1.54) is 11.6 Å². The van der Waals surface area contributed by atoms with Crippen LogP contribution in [0.3, 0.4) is 0 Å². The molecule has 0 N–H and O–H groups in total. The van der Waals surface area contributed by atoms with Crippen molar-refractivity contribution < 1.29 is 17.9 Å². The topological polar surface area (TPSA) is 54.4 Å². The fraction of sp³-hybridized carbons (Fsp3) is 0.375. The normalized spacial score (nSPS) is 18.2. The SMILES string of the molecule is CC1COc2c(N3CCN(c4ccc(C(F)(F)F)cn4)CC3)nnc(Cc3ccccc3)c21. The maximum Gasteiger partial charge on any atom is 0.417 e. The van der Waals surface area contributed by atoms with Crippen molar-refractivity contribution in [1.82, 2.24) is 15.2 Å². The van der Waals surface area contributed by atoms with E-state index < -0.39 is 11.7 Å². The predicted octanol–water partition coefficient (Wildman–Crippen LogP) is 4.30. The third-order valence-corrected chi connectivity index (χ3v) is 6.19. The summed E-state index contributed by atoms with van der Waals surface area (Å²) in [5, 5.41) is 9.11. The second-order valence-corrected chi connectivity index (χ2v) is 8.46. The maximum absolute atomic E-state index is 12.8. The molecule has 2 aromatic heterocycles. The van der Waals surface area contributed by atoms with E-state index in [9.17, 15) is 13.2 Å². The fourth-order valence-corrected chi connectivity index (χ4v) is 4.42. The number of rotatable bonds is 4. The van der Waals surface area contributed by atoms with Gasteiger partial charge in [-0.15, -0.1) is 5.10 Å². The second kappa shape index (κ2) is 8.53. The van der Waals surface area contributed by atoms with Crippen molar-refractivity contribution in [3.8, 4) is 5.75 Å². The van der Waals surface area contributed by atoms with Gasteiger partial charge in [-0.25, -0.2) is 4.98 Å². The van der Waals surface area contributed by atoms with Crippen LogP contribution >= 0.6 is 0 Å². The lowest BCUT2D eigenvalue weighted by molar-refractivity contribution is -0.137. The van der Waals surface area contributed by atoms with Crippen LogP contribution in [0.2, 0.25) is 0 Å². The van der Waals surface area contributed by atoms with Crippen LogP contribution in [-0.4, -0.2) is 48.0 Å². The monoisotopic (exact) mass is 455 g/mol. The van der Waals surface area contributed by atoms with E-state index >= 15 is 0 Å². The molecule has 2 aliphatic heterocycles. The van der Waals surface area contributed by atoms with Gasteiger partial charge in [0.25, 0.3) is 0 Å². The molecule has 5 rings (SSSR count). The van der Waals surface area contributed by atoms with Gasteiger partial charge in [0, 0.05) is 50.3 Å². The molecule has 4 heterocycles. The van der Waals surface area contributed by atoms with Crippen LogP contribution in [0.5, 0.6) is 5.75 Å². The summed E-state index contributed by atoms with van der Waals surface area (Å²) in [5.41, 5.74) is 2.50. The van der Waals surface area contributed by atoms with Crippen molar-refractivity contribution in [3.05, 3.63) is 71.0 Å². The lowest BCUT2D eigenvalue weighted by Crippen LogP contribution is -2.47. The van der Waals surface area contributed by atoms with Crippen molar-refractivity contribution >= 4 is 11.6 Å². The van der Waals surface area contributed by atoms with Gasteiger partial charge >= 0.3 is 6.18 Å². The quantitative estimate of drug-likeness (QED) is 0.585. The molecule has 0 saturated carbocycles. The summed E-state index contributed by atoms with van der Waals surface area (Å²) in [7, 11) is 0. The van der Waals surface area contributed by atoms with Crippen molar-refractivity contribution in [2.75, 3.05) is 42.6 Å². The zero-order valence-corrected chi connectivity index (χ0v) is 18.2. The van der Waals surface area contributed by atoms with E-state index in [4.69, 9.17) is 4.74 Å². The summed E-state index contributed by atoms with van der Waals surface area (Å²) < 4.78 is 44.5. The van der Waals surface area contributed by atoms with E-state index in [-0.39, 0.29) is 5.92 Å². The Morgan fingerprint density at radius 2 is 1.70 bits per heavy atom. The molecule has 2 aliphatic rings. The van der Waals surface area contributed by atoms with Gasteiger partial charge in [-0.1, -0.05) is 37.3 Å². The zero-order chi connectivity index (χ0) is 23.0. The molecule has 33 heavy (non-hydrogen) atoms. The molecule has 9 heteroatoms. The summed E-state index contributed by atoms with van der Waals surface area (Å²) in [6, 6.07) is 12.7. The number of ether oxygens (including phenoxy) is 1. The molecule has 6 nitrogen and oxygen atoms in total. The molecule has 0 spiro atoms. The van der Waals surface area contributed by atoms with Crippen LogP contribution in [0.25, 0.3) is 0 Å². The molecule has 0 aliphatic carbocycles. The Hall–Kier alpha value is -3.36. The number of alkyl halides is 3. The van der Waals surface area contributed by atoms with Gasteiger partial charge in [-0.05, 0) is 17.7 Å². The number of anilines is 2. The summed E-state index contributed by atoms with van der Waals surface area (Å²) in [6.45, 7) is 5.29. The first-order valence-corrected chi connectivity index (χ1v) is 11.0. The standard InChI is InChI=1S/C24H24F3N5O/c1-16-15-33-22-21(16)19(13-17-5-3-2-4-6-17)29-30-23(22)32-11-9-31(10-12-32)20-8-7-18(14-28-20)24(25,26)27/h2-8,14,16H,9-13,15H2,1H3. The van der Waals surface area contributed by atoms with E-state index in [2.05, 4.69) is 39.1 Å². The smallest absolute Gasteiger partial charge is 0.417 e. The minimum absolute atomic E-state index is 0.241. The highest BCUT2D eigenvalue weighted by atomic mass is 19.4. The number of nitrogens with zero attached hydrogens (tertiary/aromatic N) is 5. The van der Waals surface area contributed by atoms with Crippen LogP contribution in [0, 0.1) is 0 Å². The number of fused-ring (bicyclic) bond motifs is 1. The summed E-state index contributed by atoms with van der Waals surface area (Å²) in [6.07, 6.45) is -2.79. The highest BCUT2D eigenvalue weighted by molar-refractivity contribution is 5.61. The Morgan fingerprint density at radius 3 is 2.36 bits per heavy atom. The van der Waals surface area contributed by atoms with Gasteiger partial charge in [0.15, 0.2) is 11.6 Å². The summed E-state index contributed by atoms with van der Waals surface area (Å²) in [5.74, 6) is 2.34. The van der Waals surface area contributed by atoms with Crippen LogP contribution < -0.4 is 14.5 Å². The lowest BCUT2D eigenvalue weighted by Gasteiger charge is -2.36. The average molecular weight is 455 g/mol. The Labute approximate surface area is 190 Å². The van der Waals surface area contributed by atoms with Gasteiger partial charge in [-0.2, -0.15) is 18.3 Å².